The summed E-state index contributed by atoms with van der Waals surface area (Å²) in [6, 6.07) is 6.27. The van der Waals surface area contributed by atoms with E-state index in [9.17, 15) is 13.0 Å². The predicted octanol–water partition coefficient (Wildman–Crippen LogP) is 3.03. The van der Waals surface area contributed by atoms with Crippen molar-refractivity contribution in [1.29, 1.82) is 0 Å². The molecular formula is C23H39NaO4S. The molecule has 0 aliphatic rings. The average Bonchev–Trinajstić information content (AvgIpc) is 2.65. The number of rotatable bonds is 16. The summed E-state index contributed by atoms with van der Waals surface area (Å²) in [6.07, 6.45) is 14.4. The van der Waals surface area contributed by atoms with E-state index >= 15 is 0 Å². The summed E-state index contributed by atoms with van der Waals surface area (Å²) in [5, 5.41) is -1.04. The van der Waals surface area contributed by atoms with Crippen LogP contribution in [0, 0.1) is 0 Å². The van der Waals surface area contributed by atoms with Crippen LogP contribution >= 0.6 is 0 Å². The molecule has 0 fully saturated rings. The fraction of sp³-hybridized carbons (Fsp3) is 0.739. The first-order valence-electron chi connectivity index (χ1n) is 11.1. The van der Waals surface area contributed by atoms with Gasteiger partial charge in [-0.3, -0.25) is 0 Å². The Kier molecular flexibility index (Phi) is 16.6. The number of hydrogen-bond acceptors (Lipinski definition) is 4. The topological polar surface area (TPSA) is 66.4 Å². The van der Waals surface area contributed by atoms with E-state index in [1.807, 2.05) is 12.1 Å². The van der Waals surface area contributed by atoms with Gasteiger partial charge in [0, 0.05) is 0 Å². The molecule has 0 bridgehead atoms. The van der Waals surface area contributed by atoms with Crippen molar-refractivity contribution >= 4 is 10.1 Å². The number of hydrogen-bond donors (Lipinski definition) is 0. The van der Waals surface area contributed by atoms with Crippen LogP contribution in [-0.4, -0.2) is 24.8 Å². The Morgan fingerprint density at radius 2 is 1.28 bits per heavy atom. The summed E-state index contributed by atoms with van der Waals surface area (Å²) < 4.78 is 39.0. The smallest absolute Gasteiger partial charge is 0.748 e. The second-order valence-corrected chi connectivity index (χ2v) is 9.72. The molecule has 162 valence electrons. The van der Waals surface area contributed by atoms with Crippen LogP contribution in [0.3, 0.4) is 0 Å². The van der Waals surface area contributed by atoms with Crippen molar-refractivity contribution < 1.29 is 47.3 Å². The van der Waals surface area contributed by atoms with E-state index < -0.39 is 15.4 Å². The number of ether oxygens (including phenoxy) is 1. The van der Waals surface area contributed by atoms with Gasteiger partial charge in [0.25, 0.3) is 0 Å². The second-order valence-electron chi connectivity index (χ2n) is 7.93. The fourth-order valence-corrected chi connectivity index (χ4v) is 3.50. The molecule has 0 amide bonds. The molecule has 0 N–H and O–H groups in total. The van der Waals surface area contributed by atoms with Crippen molar-refractivity contribution in [3.05, 3.63) is 29.3 Å². The molecule has 0 aromatic heterocycles. The summed E-state index contributed by atoms with van der Waals surface area (Å²) in [6.45, 7) is 5.74. The van der Waals surface area contributed by atoms with Gasteiger partial charge in [-0.25, -0.2) is 8.42 Å². The molecule has 0 spiro atoms. The minimum Gasteiger partial charge on any atom is -0.748 e. The van der Waals surface area contributed by atoms with Gasteiger partial charge >= 0.3 is 29.6 Å². The molecular weight excluding hydrogens is 395 g/mol. The quantitative estimate of drug-likeness (QED) is 0.228. The Morgan fingerprint density at radius 3 is 1.69 bits per heavy atom. The van der Waals surface area contributed by atoms with Crippen LogP contribution in [0.4, 0.5) is 0 Å². The molecule has 1 aromatic rings. The third-order valence-electron chi connectivity index (χ3n) is 5.14. The largest absolute Gasteiger partial charge is 1.00 e. The molecule has 0 heterocycles. The standard InChI is InChI=1S/C23H40O4S.Na/c1-4-6-8-10-12-14-21-16-22(15-13-11-9-7-5-2)18-23(17-21)27-19-20(3)28(24,25)26;/h16-18,20H,4-15,19H2,1-3H3,(H,24,25,26);/q;+1/p-1. The van der Waals surface area contributed by atoms with Crippen molar-refractivity contribution in [3.8, 4) is 5.75 Å². The summed E-state index contributed by atoms with van der Waals surface area (Å²) in [5.74, 6) is 0.685. The maximum atomic E-state index is 11.1. The van der Waals surface area contributed by atoms with Crippen molar-refractivity contribution in [2.45, 2.75) is 103 Å². The first kappa shape index (κ1) is 28.9. The van der Waals surface area contributed by atoms with Crippen molar-refractivity contribution in [3.63, 3.8) is 0 Å². The van der Waals surface area contributed by atoms with E-state index in [1.54, 1.807) is 0 Å². The normalized spacial score (nSPS) is 12.4. The molecule has 1 atom stereocenters. The van der Waals surface area contributed by atoms with Crippen LogP contribution in [0.2, 0.25) is 0 Å². The molecule has 0 aliphatic heterocycles. The van der Waals surface area contributed by atoms with E-state index in [1.165, 1.54) is 69.4 Å². The van der Waals surface area contributed by atoms with Crippen LogP contribution in [0.5, 0.6) is 5.75 Å². The molecule has 29 heavy (non-hydrogen) atoms. The van der Waals surface area contributed by atoms with E-state index in [-0.39, 0.29) is 36.2 Å². The molecule has 1 rings (SSSR count). The summed E-state index contributed by atoms with van der Waals surface area (Å²) in [4.78, 5) is 0. The monoisotopic (exact) mass is 434 g/mol. The molecule has 1 aromatic carbocycles. The van der Waals surface area contributed by atoms with E-state index in [0.29, 0.717) is 5.75 Å². The third-order valence-corrected chi connectivity index (χ3v) is 6.26. The minimum absolute atomic E-state index is 0. The zero-order chi connectivity index (χ0) is 20.8. The van der Waals surface area contributed by atoms with Gasteiger partial charge in [-0.05, 0) is 55.9 Å². The Labute approximate surface area is 201 Å². The molecule has 0 radical (unpaired) electrons. The van der Waals surface area contributed by atoms with E-state index in [2.05, 4.69) is 19.9 Å². The van der Waals surface area contributed by atoms with E-state index in [0.717, 1.165) is 25.7 Å². The fourth-order valence-electron chi connectivity index (χ4n) is 3.26. The van der Waals surface area contributed by atoms with Gasteiger partial charge in [-0.2, -0.15) is 0 Å². The molecule has 0 saturated heterocycles. The number of unbranched alkanes of at least 4 members (excludes halogenated alkanes) is 8. The van der Waals surface area contributed by atoms with Crippen LogP contribution in [0.1, 0.15) is 96.1 Å². The van der Waals surface area contributed by atoms with Crippen molar-refractivity contribution in [2.75, 3.05) is 6.61 Å². The molecule has 6 heteroatoms. The Morgan fingerprint density at radius 1 is 0.828 bits per heavy atom. The van der Waals surface area contributed by atoms with E-state index in [4.69, 9.17) is 4.74 Å². The van der Waals surface area contributed by atoms with Crippen LogP contribution in [-0.2, 0) is 23.0 Å². The van der Waals surface area contributed by atoms with Crippen molar-refractivity contribution in [1.82, 2.24) is 0 Å². The molecule has 0 aliphatic carbocycles. The van der Waals surface area contributed by atoms with Gasteiger partial charge in [-0.1, -0.05) is 71.3 Å². The molecule has 0 saturated carbocycles. The third kappa shape index (κ3) is 13.8. The summed E-state index contributed by atoms with van der Waals surface area (Å²) >= 11 is 0. The van der Waals surface area contributed by atoms with Gasteiger partial charge < -0.3 is 9.29 Å². The maximum absolute atomic E-state index is 11.1. The Hall–Kier alpha value is -0.0700. The molecule has 4 nitrogen and oxygen atoms in total. The van der Waals surface area contributed by atoms with Gasteiger partial charge in [0.1, 0.15) is 22.5 Å². The van der Waals surface area contributed by atoms with Crippen LogP contribution in [0.25, 0.3) is 0 Å². The predicted molar refractivity (Wildman–Crippen MR) is 116 cm³/mol. The first-order chi connectivity index (χ1) is 13.4. The number of benzene rings is 1. The average molecular weight is 435 g/mol. The van der Waals surface area contributed by atoms with Crippen molar-refractivity contribution in [2.24, 2.45) is 0 Å². The molecule has 1 unspecified atom stereocenters. The first-order valence-corrected chi connectivity index (χ1v) is 12.5. The summed E-state index contributed by atoms with van der Waals surface area (Å²) in [5.41, 5.74) is 2.49. The van der Waals surface area contributed by atoms with Crippen LogP contribution in [0.15, 0.2) is 18.2 Å². The van der Waals surface area contributed by atoms with Gasteiger partial charge in [0.05, 0.1) is 5.25 Å². The summed E-state index contributed by atoms with van der Waals surface area (Å²) in [7, 11) is -4.31. The minimum atomic E-state index is -4.31. The maximum Gasteiger partial charge on any atom is 1.00 e. The van der Waals surface area contributed by atoms with Gasteiger partial charge in [0.2, 0.25) is 0 Å². The van der Waals surface area contributed by atoms with Crippen LogP contribution < -0.4 is 34.3 Å². The SMILES string of the molecule is CCCCCCCc1cc(CCCCCCC)cc(OCC(C)S(=O)(=O)[O-])c1.[Na+]. The zero-order valence-corrected chi connectivity index (χ0v) is 21.9. The van der Waals surface area contributed by atoms with Gasteiger partial charge in [-0.15, -0.1) is 0 Å². The Bertz CT molecular complexity index is 614. The number of aryl methyl sites for hydroxylation is 2. The second kappa shape index (κ2) is 16.6. The zero-order valence-electron chi connectivity index (χ0n) is 19.0. The van der Waals surface area contributed by atoms with Gasteiger partial charge in [0.15, 0.2) is 0 Å². The Balaban J connectivity index is 0.00000784.